The number of carbonyl (C=O) groups is 1. The minimum absolute atomic E-state index is 0.206. The molecule has 1 aliphatic rings. The largest absolute Gasteiger partial charge is 0.486 e. The van der Waals surface area contributed by atoms with Gasteiger partial charge in [0.15, 0.2) is 16.6 Å². The normalized spacial score (nSPS) is 12.7. The molecule has 1 aromatic heterocycles. The molecule has 2 aromatic carbocycles. The Hall–Kier alpha value is -2.86. The van der Waals surface area contributed by atoms with Crippen molar-refractivity contribution in [2.24, 2.45) is 0 Å². The summed E-state index contributed by atoms with van der Waals surface area (Å²) < 4.78 is 11.0. The highest BCUT2D eigenvalue weighted by Crippen LogP contribution is 2.31. The van der Waals surface area contributed by atoms with Gasteiger partial charge in [0.05, 0.1) is 5.69 Å². The van der Waals surface area contributed by atoms with Gasteiger partial charge in [-0.2, -0.15) is 0 Å². The smallest absolute Gasteiger partial charge is 0.257 e. The molecule has 1 amide bonds. The number of nitrogens with zero attached hydrogens (tertiary/aromatic N) is 1. The maximum atomic E-state index is 12.5. The molecular formula is C20H18N2O3S. The van der Waals surface area contributed by atoms with Gasteiger partial charge in [0.1, 0.15) is 13.2 Å². The van der Waals surface area contributed by atoms with Crippen LogP contribution >= 0.6 is 11.3 Å². The van der Waals surface area contributed by atoms with Crippen LogP contribution in [0.3, 0.4) is 0 Å². The quantitative estimate of drug-likeness (QED) is 0.756. The number of amides is 1. The number of hydrogen-bond donors (Lipinski definition) is 1. The first kappa shape index (κ1) is 16.6. The van der Waals surface area contributed by atoms with Crippen molar-refractivity contribution in [1.82, 2.24) is 4.98 Å². The summed E-state index contributed by atoms with van der Waals surface area (Å²) in [6.45, 7) is 2.99. The zero-order valence-corrected chi connectivity index (χ0v) is 15.1. The molecule has 0 bridgehead atoms. The number of ether oxygens (including phenoxy) is 2. The van der Waals surface area contributed by atoms with Gasteiger partial charge in [-0.25, -0.2) is 4.98 Å². The van der Waals surface area contributed by atoms with Gasteiger partial charge in [-0.05, 0) is 30.7 Å². The van der Waals surface area contributed by atoms with Crippen LogP contribution in [0.25, 0.3) is 0 Å². The zero-order valence-electron chi connectivity index (χ0n) is 14.3. The van der Waals surface area contributed by atoms with Crippen LogP contribution in [0, 0.1) is 6.92 Å². The van der Waals surface area contributed by atoms with Gasteiger partial charge in [0.2, 0.25) is 0 Å². The number of rotatable bonds is 4. The van der Waals surface area contributed by atoms with Crippen LogP contribution in [0.1, 0.15) is 26.5 Å². The molecule has 0 atom stereocenters. The summed E-state index contributed by atoms with van der Waals surface area (Å²) in [5.41, 5.74) is 2.69. The molecule has 3 aromatic rings. The molecule has 1 aliphatic heterocycles. The second-order valence-electron chi connectivity index (χ2n) is 6.00. The highest BCUT2D eigenvalue weighted by Gasteiger charge is 2.16. The minimum Gasteiger partial charge on any atom is -0.486 e. The molecule has 26 heavy (non-hydrogen) atoms. The van der Waals surface area contributed by atoms with Crippen LogP contribution in [-0.4, -0.2) is 24.1 Å². The number of carbonyl (C=O) groups excluding carboxylic acids is 1. The number of aryl methyl sites for hydroxylation is 1. The summed E-state index contributed by atoms with van der Waals surface area (Å²) in [4.78, 5) is 18.2. The van der Waals surface area contributed by atoms with Crippen molar-refractivity contribution in [3.05, 3.63) is 70.2 Å². The van der Waals surface area contributed by atoms with Gasteiger partial charge in [0.25, 0.3) is 5.91 Å². The number of anilines is 1. The van der Waals surface area contributed by atoms with Crippen LogP contribution in [0.4, 0.5) is 5.13 Å². The van der Waals surface area contributed by atoms with Crippen molar-refractivity contribution in [2.75, 3.05) is 18.5 Å². The Kier molecular flexibility index (Phi) is 4.58. The number of benzene rings is 2. The van der Waals surface area contributed by atoms with E-state index in [1.165, 1.54) is 16.9 Å². The van der Waals surface area contributed by atoms with Gasteiger partial charge in [-0.3, -0.25) is 10.1 Å². The van der Waals surface area contributed by atoms with Crippen molar-refractivity contribution in [2.45, 2.75) is 13.3 Å². The lowest BCUT2D eigenvalue weighted by molar-refractivity contribution is 0.102. The molecule has 0 fully saturated rings. The summed E-state index contributed by atoms with van der Waals surface area (Å²) in [6.07, 6.45) is 0.810. The lowest BCUT2D eigenvalue weighted by atomic mass is 10.1. The summed E-state index contributed by atoms with van der Waals surface area (Å²) in [7, 11) is 0. The summed E-state index contributed by atoms with van der Waals surface area (Å²) in [5, 5.41) is 3.49. The number of hydrogen-bond acceptors (Lipinski definition) is 5. The number of aromatic nitrogens is 1. The fourth-order valence-corrected chi connectivity index (χ4v) is 3.77. The van der Waals surface area contributed by atoms with Gasteiger partial charge < -0.3 is 9.47 Å². The molecule has 0 aliphatic carbocycles. The Morgan fingerprint density at radius 2 is 1.88 bits per heavy atom. The molecule has 0 unspecified atom stereocenters. The van der Waals surface area contributed by atoms with E-state index in [4.69, 9.17) is 9.47 Å². The van der Waals surface area contributed by atoms with Crippen molar-refractivity contribution in [1.29, 1.82) is 0 Å². The van der Waals surface area contributed by atoms with E-state index >= 15 is 0 Å². The van der Waals surface area contributed by atoms with E-state index in [-0.39, 0.29) is 5.91 Å². The molecule has 2 heterocycles. The molecule has 5 nitrogen and oxygen atoms in total. The first-order valence-corrected chi connectivity index (χ1v) is 9.22. The summed E-state index contributed by atoms with van der Waals surface area (Å²) >= 11 is 1.51. The second kappa shape index (κ2) is 7.17. The molecule has 0 saturated heterocycles. The Labute approximate surface area is 155 Å². The SMILES string of the molecule is Cc1nc(NC(=O)c2ccc3c(c2)OCCO3)sc1Cc1ccccc1. The van der Waals surface area contributed by atoms with Crippen LogP contribution in [-0.2, 0) is 6.42 Å². The molecule has 6 heteroatoms. The average Bonchev–Trinajstić information content (AvgIpc) is 3.01. The third-order valence-electron chi connectivity index (χ3n) is 4.12. The molecule has 132 valence electrons. The fourth-order valence-electron chi connectivity index (χ4n) is 2.78. The maximum absolute atomic E-state index is 12.5. The van der Waals surface area contributed by atoms with E-state index in [1.54, 1.807) is 18.2 Å². The molecular weight excluding hydrogens is 348 g/mol. The molecule has 0 saturated carbocycles. The maximum Gasteiger partial charge on any atom is 0.257 e. The molecule has 1 N–H and O–H groups in total. The van der Waals surface area contributed by atoms with Crippen LogP contribution in [0.15, 0.2) is 48.5 Å². The van der Waals surface area contributed by atoms with Crippen LogP contribution < -0.4 is 14.8 Å². The summed E-state index contributed by atoms with van der Waals surface area (Å²) in [5.74, 6) is 1.06. The van der Waals surface area contributed by atoms with Crippen molar-refractivity contribution < 1.29 is 14.3 Å². The Morgan fingerprint density at radius 1 is 1.12 bits per heavy atom. The van der Waals surface area contributed by atoms with Gasteiger partial charge in [0, 0.05) is 16.9 Å². The first-order valence-electron chi connectivity index (χ1n) is 8.40. The highest BCUT2D eigenvalue weighted by molar-refractivity contribution is 7.15. The molecule has 0 radical (unpaired) electrons. The molecule has 4 rings (SSSR count). The predicted octanol–water partition coefficient (Wildman–Crippen LogP) is 4.07. The van der Waals surface area contributed by atoms with Gasteiger partial charge in [-0.1, -0.05) is 30.3 Å². The topological polar surface area (TPSA) is 60.5 Å². The lowest BCUT2D eigenvalue weighted by Gasteiger charge is -2.18. The predicted molar refractivity (Wildman–Crippen MR) is 101 cm³/mol. The Bertz CT molecular complexity index is 937. The van der Waals surface area contributed by atoms with Crippen molar-refractivity contribution in [3.63, 3.8) is 0 Å². The highest BCUT2D eigenvalue weighted by atomic mass is 32.1. The van der Waals surface area contributed by atoms with Gasteiger partial charge in [-0.15, -0.1) is 11.3 Å². The average molecular weight is 366 g/mol. The summed E-state index contributed by atoms with van der Waals surface area (Å²) in [6, 6.07) is 15.4. The fraction of sp³-hybridized carbons (Fsp3) is 0.200. The van der Waals surface area contributed by atoms with E-state index in [1.807, 2.05) is 25.1 Å². The molecule has 0 spiro atoms. The van der Waals surface area contributed by atoms with E-state index < -0.39 is 0 Å². The van der Waals surface area contributed by atoms with E-state index in [0.717, 1.165) is 17.0 Å². The first-order chi connectivity index (χ1) is 12.7. The van der Waals surface area contributed by atoms with E-state index in [2.05, 4.69) is 22.4 Å². The standard InChI is InChI=1S/C20H18N2O3S/c1-13-18(11-14-5-3-2-4-6-14)26-20(21-13)22-19(23)15-7-8-16-17(12-15)25-10-9-24-16/h2-8,12H,9-11H2,1H3,(H,21,22,23). The zero-order chi connectivity index (χ0) is 17.9. The number of thiazole rings is 1. The van der Waals surface area contributed by atoms with Crippen molar-refractivity contribution in [3.8, 4) is 11.5 Å². The second-order valence-corrected chi connectivity index (χ2v) is 7.09. The minimum atomic E-state index is -0.206. The third kappa shape index (κ3) is 3.55. The van der Waals surface area contributed by atoms with E-state index in [0.29, 0.717) is 35.4 Å². The van der Waals surface area contributed by atoms with E-state index in [9.17, 15) is 4.79 Å². The Morgan fingerprint density at radius 3 is 2.69 bits per heavy atom. The Balaban J connectivity index is 1.49. The third-order valence-corrected chi connectivity index (χ3v) is 5.20. The van der Waals surface area contributed by atoms with Crippen molar-refractivity contribution >= 4 is 22.4 Å². The monoisotopic (exact) mass is 366 g/mol. The number of fused-ring (bicyclic) bond motifs is 1. The lowest BCUT2D eigenvalue weighted by Crippen LogP contribution is -2.17. The van der Waals surface area contributed by atoms with Crippen LogP contribution in [0.5, 0.6) is 11.5 Å². The van der Waals surface area contributed by atoms with Gasteiger partial charge >= 0.3 is 0 Å². The number of nitrogens with one attached hydrogen (secondary N) is 1. The van der Waals surface area contributed by atoms with Crippen LogP contribution in [0.2, 0.25) is 0 Å².